The summed E-state index contributed by atoms with van der Waals surface area (Å²) in [6.45, 7) is 7.90. The molecular formula is C10H22N2O2. The monoisotopic (exact) mass is 202 g/mol. The van der Waals surface area contributed by atoms with Crippen molar-refractivity contribution >= 4 is 5.97 Å². The largest absolute Gasteiger partial charge is 0.480 e. The van der Waals surface area contributed by atoms with Gasteiger partial charge in [-0.05, 0) is 33.5 Å². The van der Waals surface area contributed by atoms with Crippen LogP contribution in [-0.4, -0.2) is 48.2 Å². The molecule has 1 unspecified atom stereocenters. The van der Waals surface area contributed by atoms with E-state index in [0.29, 0.717) is 6.54 Å². The van der Waals surface area contributed by atoms with Gasteiger partial charge in [-0.25, -0.2) is 0 Å². The zero-order chi connectivity index (χ0) is 11.2. The number of aliphatic carboxylic acids is 1. The van der Waals surface area contributed by atoms with E-state index in [4.69, 9.17) is 5.11 Å². The summed E-state index contributed by atoms with van der Waals surface area (Å²) in [5.41, 5.74) is -0.833. The standard InChI is InChI=1S/C10H22N2O2/c1-5-7-11-10(3,9(13)14)8-12(4)6-2/h11H,5-8H2,1-4H3,(H,13,14). The van der Waals surface area contributed by atoms with Crippen molar-refractivity contribution in [3.63, 3.8) is 0 Å². The average molecular weight is 202 g/mol. The minimum absolute atomic E-state index is 0.527. The van der Waals surface area contributed by atoms with Gasteiger partial charge in [0.15, 0.2) is 0 Å². The summed E-state index contributed by atoms with van der Waals surface area (Å²) < 4.78 is 0. The van der Waals surface area contributed by atoms with Crippen LogP contribution in [0.1, 0.15) is 27.2 Å². The molecule has 0 spiro atoms. The van der Waals surface area contributed by atoms with E-state index in [1.165, 1.54) is 0 Å². The van der Waals surface area contributed by atoms with Gasteiger partial charge < -0.3 is 15.3 Å². The Bertz CT molecular complexity index is 185. The number of carboxylic acids is 1. The Morgan fingerprint density at radius 3 is 2.43 bits per heavy atom. The van der Waals surface area contributed by atoms with Crippen LogP contribution < -0.4 is 5.32 Å². The number of hydrogen-bond donors (Lipinski definition) is 2. The predicted octanol–water partition coefficient (Wildman–Crippen LogP) is 0.781. The van der Waals surface area contributed by atoms with E-state index in [-0.39, 0.29) is 0 Å². The van der Waals surface area contributed by atoms with Crippen molar-refractivity contribution in [2.75, 3.05) is 26.7 Å². The lowest BCUT2D eigenvalue weighted by atomic mass is 10.0. The molecule has 1 atom stereocenters. The fourth-order valence-electron chi connectivity index (χ4n) is 1.25. The number of nitrogens with one attached hydrogen (secondary N) is 1. The van der Waals surface area contributed by atoms with Crippen LogP contribution in [0.4, 0.5) is 0 Å². The lowest BCUT2D eigenvalue weighted by Gasteiger charge is -2.30. The molecule has 0 heterocycles. The summed E-state index contributed by atoms with van der Waals surface area (Å²) in [4.78, 5) is 13.1. The first kappa shape index (κ1) is 13.4. The Labute approximate surface area is 86.3 Å². The van der Waals surface area contributed by atoms with E-state index in [0.717, 1.165) is 19.5 Å². The van der Waals surface area contributed by atoms with Gasteiger partial charge in [0.25, 0.3) is 0 Å². The third kappa shape index (κ3) is 4.07. The first-order valence-corrected chi connectivity index (χ1v) is 5.13. The number of hydrogen-bond acceptors (Lipinski definition) is 3. The number of carbonyl (C=O) groups is 1. The van der Waals surface area contributed by atoms with Crippen molar-refractivity contribution in [1.82, 2.24) is 10.2 Å². The Morgan fingerprint density at radius 2 is 2.07 bits per heavy atom. The lowest BCUT2D eigenvalue weighted by molar-refractivity contribution is -0.144. The number of rotatable bonds is 7. The molecule has 0 aliphatic rings. The molecule has 0 radical (unpaired) electrons. The second-order valence-corrected chi connectivity index (χ2v) is 3.89. The molecule has 0 saturated heterocycles. The second-order valence-electron chi connectivity index (χ2n) is 3.89. The number of nitrogens with zero attached hydrogens (tertiary/aromatic N) is 1. The smallest absolute Gasteiger partial charge is 0.324 e. The van der Waals surface area contributed by atoms with E-state index >= 15 is 0 Å². The van der Waals surface area contributed by atoms with Crippen LogP contribution in [0.15, 0.2) is 0 Å². The van der Waals surface area contributed by atoms with Gasteiger partial charge in [-0.2, -0.15) is 0 Å². The molecule has 0 saturated carbocycles. The van der Waals surface area contributed by atoms with Crippen molar-refractivity contribution in [2.24, 2.45) is 0 Å². The Hall–Kier alpha value is -0.610. The molecule has 0 aliphatic carbocycles. The molecule has 0 fully saturated rings. The molecule has 84 valence electrons. The fraction of sp³-hybridized carbons (Fsp3) is 0.900. The molecule has 4 heteroatoms. The summed E-state index contributed by atoms with van der Waals surface area (Å²) >= 11 is 0. The molecule has 0 aromatic carbocycles. The third-order valence-corrected chi connectivity index (χ3v) is 2.36. The summed E-state index contributed by atoms with van der Waals surface area (Å²) in [5.74, 6) is -0.786. The maximum absolute atomic E-state index is 11.1. The van der Waals surface area contributed by atoms with E-state index in [9.17, 15) is 4.79 Å². The highest BCUT2D eigenvalue weighted by molar-refractivity contribution is 5.78. The molecule has 0 aromatic rings. The summed E-state index contributed by atoms with van der Waals surface area (Å²) in [6.07, 6.45) is 0.943. The van der Waals surface area contributed by atoms with Crippen LogP contribution >= 0.6 is 0 Å². The number of carboxylic acid groups (broad SMARTS) is 1. The van der Waals surface area contributed by atoms with Gasteiger partial charge >= 0.3 is 5.97 Å². The normalized spacial score (nSPS) is 15.5. The van der Waals surface area contributed by atoms with Crippen molar-refractivity contribution < 1.29 is 9.90 Å². The van der Waals surface area contributed by atoms with Crippen LogP contribution in [-0.2, 0) is 4.79 Å². The van der Waals surface area contributed by atoms with Crippen LogP contribution in [0.2, 0.25) is 0 Å². The first-order chi connectivity index (χ1) is 6.46. The van der Waals surface area contributed by atoms with E-state index in [2.05, 4.69) is 5.32 Å². The van der Waals surface area contributed by atoms with Crippen molar-refractivity contribution in [3.8, 4) is 0 Å². The van der Waals surface area contributed by atoms with Crippen molar-refractivity contribution in [1.29, 1.82) is 0 Å². The highest BCUT2D eigenvalue weighted by Gasteiger charge is 2.32. The summed E-state index contributed by atoms with van der Waals surface area (Å²) in [6, 6.07) is 0. The van der Waals surface area contributed by atoms with E-state index in [1.54, 1.807) is 6.92 Å². The minimum atomic E-state index is -0.833. The van der Waals surface area contributed by atoms with Gasteiger partial charge in [0.1, 0.15) is 5.54 Å². The predicted molar refractivity (Wildman–Crippen MR) is 57.5 cm³/mol. The molecular weight excluding hydrogens is 180 g/mol. The SMILES string of the molecule is CCCNC(C)(CN(C)CC)C(=O)O. The van der Waals surface area contributed by atoms with Crippen LogP contribution in [0.25, 0.3) is 0 Å². The third-order valence-electron chi connectivity index (χ3n) is 2.36. The van der Waals surface area contributed by atoms with Crippen LogP contribution in [0.5, 0.6) is 0 Å². The quantitative estimate of drug-likeness (QED) is 0.640. The van der Waals surface area contributed by atoms with Gasteiger partial charge in [-0.3, -0.25) is 4.79 Å². The van der Waals surface area contributed by atoms with Crippen LogP contribution in [0, 0.1) is 0 Å². The summed E-state index contributed by atoms with van der Waals surface area (Å²) in [7, 11) is 1.93. The molecule has 0 rings (SSSR count). The summed E-state index contributed by atoms with van der Waals surface area (Å²) in [5, 5.41) is 12.2. The molecule has 0 aromatic heterocycles. The van der Waals surface area contributed by atoms with Gasteiger partial charge in [-0.1, -0.05) is 13.8 Å². The topological polar surface area (TPSA) is 52.6 Å². The van der Waals surface area contributed by atoms with Crippen LogP contribution in [0.3, 0.4) is 0 Å². The zero-order valence-corrected chi connectivity index (χ0v) is 9.63. The van der Waals surface area contributed by atoms with Gasteiger partial charge in [0.2, 0.25) is 0 Å². The van der Waals surface area contributed by atoms with E-state index < -0.39 is 11.5 Å². The Morgan fingerprint density at radius 1 is 1.50 bits per heavy atom. The van der Waals surface area contributed by atoms with Crippen molar-refractivity contribution in [2.45, 2.75) is 32.7 Å². The fourth-order valence-corrected chi connectivity index (χ4v) is 1.25. The highest BCUT2D eigenvalue weighted by atomic mass is 16.4. The molecule has 4 nitrogen and oxygen atoms in total. The maximum Gasteiger partial charge on any atom is 0.324 e. The molecule has 0 amide bonds. The lowest BCUT2D eigenvalue weighted by Crippen LogP contribution is -2.56. The highest BCUT2D eigenvalue weighted by Crippen LogP contribution is 2.06. The van der Waals surface area contributed by atoms with Gasteiger partial charge in [0.05, 0.1) is 0 Å². The maximum atomic E-state index is 11.1. The van der Waals surface area contributed by atoms with Crippen molar-refractivity contribution in [3.05, 3.63) is 0 Å². The molecule has 0 aliphatic heterocycles. The second kappa shape index (κ2) is 5.98. The van der Waals surface area contributed by atoms with Gasteiger partial charge in [-0.15, -0.1) is 0 Å². The number of likely N-dealkylation sites (N-methyl/N-ethyl adjacent to an activating group) is 1. The zero-order valence-electron chi connectivity index (χ0n) is 9.63. The Kier molecular flexibility index (Phi) is 5.72. The molecule has 0 bridgehead atoms. The molecule has 2 N–H and O–H groups in total. The minimum Gasteiger partial charge on any atom is -0.480 e. The average Bonchev–Trinajstić information content (AvgIpc) is 2.14. The molecule has 14 heavy (non-hydrogen) atoms. The first-order valence-electron chi connectivity index (χ1n) is 5.13. The Balaban J connectivity index is 4.31. The van der Waals surface area contributed by atoms with E-state index in [1.807, 2.05) is 25.8 Å². The van der Waals surface area contributed by atoms with Gasteiger partial charge in [0, 0.05) is 6.54 Å².